The second-order valence-corrected chi connectivity index (χ2v) is 4.77. The molecule has 3 rings (SSSR count). The molecule has 1 atom stereocenters. The summed E-state index contributed by atoms with van der Waals surface area (Å²) in [7, 11) is 0. The molecule has 2 aliphatic rings. The molecule has 0 N–H and O–H groups in total. The van der Waals surface area contributed by atoms with Crippen LogP contribution in [0.15, 0.2) is 24.3 Å². The summed E-state index contributed by atoms with van der Waals surface area (Å²) in [4.78, 5) is 12.1. The van der Waals surface area contributed by atoms with Crippen molar-refractivity contribution in [3.05, 3.63) is 29.8 Å². The van der Waals surface area contributed by atoms with Crippen molar-refractivity contribution in [3.63, 3.8) is 0 Å². The normalized spacial score (nSPS) is 23.6. The molecule has 0 bridgehead atoms. The molecule has 0 amide bonds. The van der Waals surface area contributed by atoms with Gasteiger partial charge in [0.15, 0.2) is 5.78 Å². The van der Waals surface area contributed by atoms with Crippen molar-refractivity contribution in [2.24, 2.45) is 5.92 Å². The molecule has 1 aliphatic heterocycles. The first-order valence-corrected chi connectivity index (χ1v) is 6.21. The summed E-state index contributed by atoms with van der Waals surface area (Å²) < 4.78 is 10.9. The van der Waals surface area contributed by atoms with Crippen LogP contribution in [0.2, 0.25) is 0 Å². The number of hydrogen-bond donors (Lipinski definition) is 0. The Balaban J connectivity index is 1.67. The van der Waals surface area contributed by atoms with Gasteiger partial charge in [-0.1, -0.05) is 0 Å². The summed E-state index contributed by atoms with van der Waals surface area (Å²) in [5, 5.41) is 0. The fraction of sp³-hybridized carbons (Fsp3) is 0.500. The molecule has 1 aliphatic carbocycles. The number of carbonyl (C=O) groups is 1. The third kappa shape index (κ3) is 2.50. The van der Waals surface area contributed by atoms with Crippen LogP contribution in [0, 0.1) is 5.92 Å². The lowest BCUT2D eigenvalue weighted by Gasteiger charge is -2.08. The van der Waals surface area contributed by atoms with E-state index in [0.717, 1.165) is 30.6 Å². The number of ether oxygens (including phenoxy) is 2. The van der Waals surface area contributed by atoms with Gasteiger partial charge in [0.25, 0.3) is 0 Å². The molecule has 1 aromatic rings. The number of carbonyl (C=O) groups excluding carboxylic acids is 1. The van der Waals surface area contributed by atoms with E-state index in [-0.39, 0.29) is 11.7 Å². The Labute approximate surface area is 101 Å². The molecule has 1 heterocycles. The van der Waals surface area contributed by atoms with Crippen LogP contribution in [0.25, 0.3) is 0 Å². The van der Waals surface area contributed by atoms with Crippen LogP contribution in [-0.2, 0) is 4.74 Å². The lowest BCUT2D eigenvalue weighted by atomic mass is 9.97. The number of hydrogen-bond acceptors (Lipinski definition) is 3. The molecule has 0 aromatic heterocycles. The van der Waals surface area contributed by atoms with Gasteiger partial charge in [-0.25, -0.2) is 0 Å². The summed E-state index contributed by atoms with van der Waals surface area (Å²) in [5.41, 5.74) is 0.767. The van der Waals surface area contributed by atoms with E-state index >= 15 is 0 Å². The molecule has 90 valence electrons. The van der Waals surface area contributed by atoms with Crippen molar-refractivity contribution in [1.82, 2.24) is 0 Å². The minimum atomic E-state index is 0.0465. The molecular formula is C14H16O3. The minimum absolute atomic E-state index is 0.0465. The minimum Gasteiger partial charge on any atom is -0.490 e. The molecule has 3 nitrogen and oxygen atoms in total. The van der Waals surface area contributed by atoms with Crippen molar-refractivity contribution in [1.29, 1.82) is 0 Å². The first kappa shape index (κ1) is 10.8. The van der Waals surface area contributed by atoms with Gasteiger partial charge in [-0.3, -0.25) is 4.79 Å². The Morgan fingerprint density at radius 1 is 1.18 bits per heavy atom. The summed E-state index contributed by atoms with van der Waals surface area (Å²) in [6, 6.07) is 7.50. The molecule has 17 heavy (non-hydrogen) atoms. The van der Waals surface area contributed by atoms with Crippen molar-refractivity contribution >= 4 is 5.78 Å². The number of benzene rings is 1. The lowest BCUT2D eigenvalue weighted by Crippen LogP contribution is -2.14. The Morgan fingerprint density at radius 3 is 2.53 bits per heavy atom. The summed E-state index contributed by atoms with van der Waals surface area (Å²) in [6.07, 6.45) is 3.55. The van der Waals surface area contributed by atoms with E-state index in [9.17, 15) is 4.79 Å². The molecule has 1 unspecified atom stereocenters. The maximum absolute atomic E-state index is 12.1. The predicted molar refractivity (Wildman–Crippen MR) is 63.3 cm³/mol. The Morgan fingerprint density at radius 2 is 1.94 bits per heavy atom. The van der Waals surface area contributed by atoms with Gasteiger partial charge in [-0.15, -0.1) is 0 Å². The van der Waals surface area contributed by atoms with Crippen LogP contribution in [0.4, 0.5) is 0 Å². The molecule has 1 aromatic carbocycles. The average Bonchev–Trinajstić information content (AvgIpc) is 3.00. The first-order valence-electron chi connectivity index (χ1n) is 6.21. The van der Waals surface area contributed by atoms with Crippen LogP contribution < -0.4 is 4.74 Å². The highest BCUT2D eigenvalue weighted by molar-refractivity contribution is 5.98. The van der Waals surface area contributed by atoms with Crippen LogP contribution in [0.5, 0.6) is 5.75 Å². The zero-order valence-electron chi connectivity index (χ0n) is 9.72. The van der Waals surface area contributed by atoms with Gasteiger partial charge in [0, 0.05) is 18.1 Å². The zero-order valence-corrected chi connectivity index (χ0v) is 9.72. The SMILES string of the molecule is O=C(c1ccc(OC2CC2)cc1)C1CCOC1. The number of Topliss-reactive ketones (excluding diaryl/α,β-unsaturated/α-hetero) is 1. The summed E-state index contributed by atoms with van der Waals surface area (Å²) in [6.45, 7) is 1.28. The second-order valence-electron chi connectivity index (χ2n) is 4.77. The standard InChI is InChI=1S/C14H16O3/c15-14(11-7-8-16-9-11)10-1-3-12(4-2-10)17-13-5-6-13/h1-4,11,13H,5-9H2. The van der Waals surface area contributed by atoms with Crippen molar-refractivity contribution in [3.8, 4) is 5.75 Å². The van der Waals surface area contributed by atoms with Crippen molar-refractivity contribution < 1.29 is 14.3 Å². The third-order valence-electron chi connectivity index (χ3n) is 3.27. The molecule has 0 spiro atoms. The highest BCUT2D eigenvalue weighted by Crippen LogP contribution is 2.27. The van der Waals surface area contributed by atoms with Gasteiger partial charge in [0.05, 0.1) is 12.7 Å². The van der Waals surface area contributed by atoms with Crippen LogP contribution in [0.1, 0.15) is 29.6 Å². The monoisotopic (exact) mass is 232 g/mol. The van der Waals surface area contributed by atoms with Gasteiger partial charge in [-0.05, 0) is 43.5 Å². The Kier molecular flexibility index (Phi) is 2.85. The van der Waals surface area contributed by atoms with Crippen LogP contribution >= 0.6 is 0 Å². The largest absolute Gasteiger partial charge is 0.490 e. The van der Waals surface area contributed by atoms with E-state index in [1.807, 2.05) is 24.3 Å². The first-order chi connectivity index (χ1) is 8.33. The van der Waals surface area contributed by atoms with Gasteiger partial charge < -0.3 is 9.47 Å². The zero-order chi connectivity index (χ0) is 11.7. The van der Waals surface area contributed by atoms with E-state index in [2.05, 4.69) is 0 Å². The molecular weight excluding hydrogens is 216 g/mol. The van der Waals surface area contributed by atoms with E-state index in [4.69, 9.17) is 9.47 Å². The van der Waals surface area contributed by atoms with Gasteiger partial charge >= 0.3 is 0 Å². The van der Waals surface area contributed by atoms with Gasteiger partial charge in [-0.2, -0.15) is 0 Å². The van der Waals surface area contributed by atoms with Crippen LogP contribution in [0.3, 0.4) is 0 Å². The van der Waals surface area contributed by atoms with Gasteiger partial charge in [0.1, 0.15) is 5.75 Å². The number of rotatable bonds is 4. The number of ketones is 1. The topological polar surface area (TPSA) is 35.5 Å². The second kappa shape index (κ2) is 4.49. The van der Waals surface area contributed by atoms with E-state index in [1.54, 1.807) is 0 Å². The molecule has 1 saturated heterocycles. The Hall–Kier alpha value is -1.35. The Bertz CT molecular complexity index is 400. The highest BCUT2D eigenvalue weighted by atomic mass is 16.5. The summed E-state index contributed by atoms with van der Waals surface area (Å²) in [5.74, 6) is 1.11. The molecule has 3 heteroatoms. The van der Waals surface area contributed by atoms with Crippen molar-refractivity contribution in [2.75, 3.05) is 13.2 Å². The summed E-state index contributed by atoms with van der Waals surface area (Å²) >= 11 is 0. The van der Waals surface area contributed by atoms with Crippen molar-refractivity contribution in [2.45, 2.75) is 25.4 Å². The van der Waals surface area contributed by atoms with Gasteiger partial charge in [0.2, 0.25) is 0 Å². The van der Waals surface area contributed by atoms with E-state index in [1.165, 1.54) is 0 Å². The van der Waals surface area contributed by atoms with E-state index < -0.39 is 0 Å². The molecule has 2 fully saturated rings. The maximum Gasteiger partial charge on any atom is 0.168 e. The fourth-order valence-electron chi connectivity index (χ4n) is 2.05. The smallest absolute Gasteiger partial charge is 0.168 e. The quantitative estimate of drug-likeness (QED) is 0.748. The molecule has 0 radical (unpaired) electrons. The average molecular weight is 232 g/mol. The third-order valence-corrected chi connectivity index (χ3v) is 3.27. The molecule has 1 saturated carbocycles. The van der Waals surface area contributed by atoms with Crippen LogP contribution in [-0.4, -0.2) is 25.1 Å². The maximum atomic E-state index is 12.1. The van der Waals surface area contributed by atoms with E-state index in [0.29, 0.717) is 19.3 Å². The highest BCUT2D eigenvalue weighted by Gasteiger charge is 2.25. The fourth-order valence-corrected chi connectivity index (χ4v) is 2.05. The predicted octanol–water partition coefficient (Wildman–Crippen LogP) is 2.45. The lowest BCUT2D eigenvalue weighted by molar-refractivity contribution is 0.0900.